The summed E-state index contributed by atoms with van der Waals surface area (Å²) in [7, 11) is 0. The molecule has 2 fully saturated rings. The number of likely N-dealkylation sites (tertiary alicyclic amines) is 2. The average molecular weight is 311 g/mol. The lowest BCUT2D eigenvalue weighted by atomic mass is 10.0. The van der Waals surface area contributed by atoms with Gasteiger partial charge in [0, 0.05) is 45.1 Å². The molecule has 1 unspecified atom stereocenters. The third-order valence-corrected chi connectivity index (χ3v) is 4.68. The van der Waals surface area contributed by atoms with E-state index < -0.39 is 0 Å². The Morgan fingerprint density at radius 3 is 2.82 bits per heavy atom. The van der Waals surface area contributed by atoms with Crippen LogP contribution in [0.15, 0.2) is 0 Å². The highest BCUT2D eigenvalue weighted by Gasteiger charge is 2.21. The third kappa shape index (κ3) is 5.25. The first kappa shape index (κ1) is 17.2. The molecule has 2 saturated heterocycles. The maximum atomic E-state index is 11.8. The number of aliphatic hydroxyl groups excluding tert-OH is 1. The number of piperidine rings is 1. The Bertz CT molecular complexity index is 376. The molecule has 2 aliphatic rings. The second kappa shape index (κ2) is 9.10. The first-order chi connectivity index (χ1) is 10.7. The SMILES string of the molecule is O=C(CCCN1CCCC1=O)NCCN1CCCCC1CO. The van der Waals surface area contributed by atoms with Crippen LogP contribution in [-0.2, 0) is 9.59 Å². The number of amides is 2. The van der Waals surface area contributed by atoms with Crippen LogP contribution < -0.4 is 5.32 Å². The zero-order valence-corrected chi connectivity index (χ0v) is 13.4. The van der Waals surface area contributed by atoms with Crippen LogP contribution in [0.25, 0.3) is 0 Å². The molecule has 6 nitrogen and oxygen atoms in total. The molecular weight excluding hydrogens is 282 g/mol. The fourth-order valence-electron chi connectivity index (χ4n) is 3.36. The summed E-state index contributed by atoms with van der Waals surface area (Å²) >= 11 is 0. The molecule has 2 aliphatic heterocycles. The molecule has 1 atom stereocenters. The smallest absolute Gasteiger partial charge is 0.222 e. The van der Waals surface area contributed by atoms with Gasteiger partial charge in [0.1, 0.15) is 0 Å². The molecule has 0 spiro atoms. The number of nitrogens with one attached hydrogen (secondary N) is 1. The minimum absolute atomic E-state index is 0.0594. The van der Waals surface area contributed by atoms with E-state index in [0.717, 1.165) is 38.9 Å². The van der Waals surface area contributed by atoms with E-state index in [1.807, 2.05) is 4.90 Å². The van der Waals surface area contributed by atoms with Crippen LogP contribution in [0, 0.1) is 0 Å². The first-order valence-electron chi connectivity index (χ1n) is 8.60. The highest BCUT2D eigenvalue weighted by molar-refractivity contribution is 5.78. The molecule has 126 valence electrons. The standard InChI is InChI=1S/C16H29N3O3/c20-13-14-5-1-2-9-18(14)12-8-17-15(21)6-3-10-19-11-4-7-16(19)22/h14,20H,1-13H2,(H,17,21). The van der Waals surface area contributed by atoms with Crippen molar-refractivity contribution in [2.75, 3.05) is 39.3 Å². The van der Waals surface area contributed by atoms with Crippen LogP contribution in [0.2, 0.25) is 0 Å². The van der Waals surface area contributed by atoms with E-state index in [-0.39, 0.29) is 24.5 Å². The Balaban J connectivity index is 1.54. The number of carbonyl (C=O) groups is 2. The lowest BCUT2D eigenvalue weighted by Gasteiger charge is -2.34. The summed E-state index contributed by atoms with van der Waals surface area (Å²) in [5, 5.41) is 12.3. The minimum Gasteiger partial charge on any atom is -0.395 e. The Morgan fingerprint density at radius 2 is 2.09 bits per heavy atom. The number of nitrogens with zero attached hydrogens (tertiary/aromatic N) is 2. The quantitative estimate of drug-likeness (QED) is 0.678. The first-order valence-corrected chi connectivity index (χ1v) is 8.60. The van der Waals surface area contributed by atoms with Crippen molar-refractivity contribution >= 4 is 11.8 Å². The number of carbonyl (C=O) groups excluding carboxylic acids is 2. The molecule has 0 aromatic rings. The Labute approximate surface area is 132 Å². The highest BCUT2D eigenvalue weighted by atomic mass is 16.3. The molecule has 2 N–H and O–H groups in total. The average Bonchev–Trinajstić information content (AvgIpc) is 2.93. The van der Waals surface area contributed by atoms with E-state index in [1.165, 1.54) is 12.8 Å². The molecule has 0 aliphatic carbocycles. The zero-order chi connectivity index (χ0) is 15.8. The largest absolute Gasteiger partial charge is 0.395 e. The summed E-state index contributed by atoms with van der Waals surface area (Å²) in [6.45, 7) is 4.21. The van der Waals surface area contributed by atoms with Gasteiger partial charge in [-0.25, -0.2) is 0 Å². The molecule has 2 heterocycles. The van der Waals surface area contributed by atoms with Gasteiger partial charge in [0.2, 0.25) is 11.8 Å². The van der Waals surface area contributed by atoms with E-state index in [9.17, 15) is 14.7 Å². The summed E-state index contributed by atoms with van der Waals surface area (Å²) in [4.78, 5) is 27.4. The molecule has 6 heteroatoms. The lowest BCUT2D eigenvalue weighted by Crippen LogP contribution is -2.45. The number of hydrogen-bond donors (Lipinski definition) is 2. The van der Waals surface area contributed by atoms with Crippen LogP contribution in [0.1, 0.15) is 44.9 Å². The van der Waals surface area contributed by atoms with Gasteiger partial charge < -0.3 is 15.3 Å². The van der Waals surface area contributed by atoms with Crippen molar-refractivity contribution in [3.8, 4) is 0 Å². The summed E-state index contributed by atoms with van der Waals surface area (Å²) in [5.41, 5.74) is 0. The molecule has 0 aromatic carbocycles. The predicted octanol–water partition coefficient (Wildman–Crippen LogP) is 0.352. The van der Waals surface area contributed by atoms with Crippen LogP contribution in [0.5, 0.6) is 0 Å². The van der Waals surface area contributed by atoms with Crippen molar-refractivity contribution < 1.29 is 14.7 Å². The fraction of sp³-hybridized carbons (Fsp3) is 0.875. The second-order valence-corrected chi connectivity index (χ2v) is 6.31. The zero-order valence-electron chi connectivity index (χ0n) is 13.4. The maximum absolute atomic E-state index is 11.8. The van der Waals surface area contributed by atoms with Gasteiger partial charge in [-0.2, -0.15) is 0 Å². The summed E-state index contributed by atoms with van der Waals surface area (Å²) in [6.07, 6.45) is 6.24. The monoisotopic (exact) mass is 311 g/mol. The Kier molecular flexibility index (Phi) is 7.12. The molecular formula is C16H29N3O3. The van der Waals surface area contributed by atoms with Crippen molar-refractivity contribution in [2.45, 2.75) is 51.0 Å². The maximum Gasteiger partial charge on any atom is 0.222 e. The highest BCUT2D eigenvalue weighted by Crippen LogP contribution is 2.15. The van der Waals surface area contributed by atoms with Crippen molar-refractivity contribution in [1.29, 1.82) is 0 Å². The lowest BCUT2D eigenvalue weighted by molar-refractivity contribution is -0.128. The van der Waals surface area contributed by atoms with Gasteiger partial charge in [-0.1, -0.05) is 6.42 Å². The molecule has 22 heavy (non-hydrogen) atoms. The second-order valence-electron chi connectivity index (χ2n) is 6.31. The van der Waals surface area contributed by atoms with Crippen LogP contribution >= 0.6 is 0 Å². The number of rotatable bonds is 8. The van der Waals surface area contributed by atoms with E-state index in [1.54, 1.807) is 0 Å². The van der Waals surface area contributed by atoms with Crippen LogP contribution in [0.3, 0.4) is 0 Å². The Hall–Kier alpha value is -1.14. The van der Waals surface area contributed by atoms with Gasteiger partial charge in [-0.05, 0) is 32.2 Å². The normalized spacial score (nSPS) is 23.0. The van der Waals surface area contributed by atoms with Gasteiger partial charge in [0.05, 0.1) is 6.61 Å². The van der Waals surface area contributed by atoms with Crippen molar-refractivity contribution in [1.82, 2.24) is 15.1 Å². The van der Waals surface area contributed by atoms with Gasteiger partial charge in [0.15, 0.2) is 0 Å². The molecule has 0 aromatic heterocycles. The van der Waals surface area contributed by atoms with Gasteiger partial charge in [-0.15, -0.1) is 0 Å². The van der Waals surface area contributed by atoms with Gasteiger partial charge >= 0.3 is 0 Å². The van der Waals surface area contributed by atoms with Crippen molar-refractivity contribution in [2.24, 2.45) is 0 Å². The van der Waals surface area contributed by atoms with Crippen LogP contribution in [-0.4, -0.2) is 72.1 Å². The molecule has 2 rings (SSSR count). The Morgan fingerprint density at radius 1 is 1.23 bits per heavy atom. The molecule has 0 saturated carbocycles. The third-order valence-electron chi connectivity index (χ3n) is 4.68. The molecule has 0 radical (unpaired) electrons. The number of hydrogen-bond acceptors (Lipinski definition) is 4. The topological polar surface area (TPSA) is 72.9 Å². The summed E-state index contributed by atoms with van der Waals surface area (Å²) in [5.74, 6) is 0.282. The van der Waals surface area contributed by atoms with Crippen molar-refractivity contribution in [3.05, 3.63) is 0 Å². The summed E-state index contributed by atoms with van der Waals surface area (Å²) in [6, 6.07) is 0.256. The molecule has 2 amide bonds. The van der Waals surface area contributed by atoms with E-state index in [0.29, 0.717) is 25.9 Å². The van der Waals surface area contributed by atoms with E-state index in [4.69, 9.17) is 0 Å². The van der Waals surface area contributed by atoms with E-state index >= 15 is 0 Å². The number of aliphatic hydroxyl groups is 1. The van der Waals surface area contributed by atoms with E-state index in [2.05, 4.69) is 10.2 Å². The summed E-state index contributed by atoms with van der Waals surface area (Å²) < 4.78 is 0. The fourth-order valence-corrected chi connectivity index (χ4v) is 3.36. The van der Waals surface area contributed by atoms with Crippen LogP contribution in [0.4, 0.5) is 0 Å². The van der Waals surface area contributed by atoms with Gasteiger partial charge in [-0.3, -0.25) is 14.5 Å². The van der Waals surface area contributed by atoms with Gasteiger partial charge in [0.25, 0.3) is 0 Å². The minimum atomic E-state index is 0.0594. The predicted molar refractivity (Wildman–Crippen MR) is 84.4 cm³/mol. The van der Waals surface area contributed by atoms with Crippen molar-refractivity contribution in [3.63, 3.8) is 0 Å². The molecule has 0 bridgehead atoms.